The molecule has 2 aromatic carbocycles. The van der Waals surface area contributed by atoms with E-state index in [1.807, 2.05) is 38.1 Å². The summed E-state index contributed by atoms with van der Waals surface area (Å²) in [5.41, 5.74) is 2.24. The van der Waals surface area contributed by atoms with Crippen molar-refractivity contribution in [2.24, 2.45) is 0 Å². The van der Waals surface area contributed by atoms with Crippen LogP contribution in [0, 0.1) is 6.92 Å². The van der Waals surface area contributed by atoms with Gasteiger partial charge < -0.3 is 10.1 Å². The van der Waals surface area contributed by atoms with Gasteiger partial charge in [-0.05, 0) is 50.1 Å². The third kappa shape index (κ3) is 6.99. The molecule has 1 unspecified atom stereocenters. The molecule has 0 aliphatic heterocycles. The van der Waals surface area contributed by atoms with E-state index >= 15 is 0 Å². The molecule has 1 amide bonds. The lowest BCUT2D eigenvalue weighted by Gasteiger charge is -2.12. The lowest BCUT2D eigenvalue weighted by Crippen LogP contribution is -2.32. The molecule has 156 valence electrons. The monoisotopic (exact) mass is 418 g/mol. The zero-order valence-corrected chi connectivity index (χ0v) is 17.6. The van der Waals surface area contributed by atoms with E-state index in [-0.39, 0.29) is 16.5 Å². The third-order valence-electron chi connectivity index (χ3n) is 4.31. The molecule has 8 heteroatoms. The Hall–Kier alpha value is -2.71. The van der Waals surface area contributed by atoms with Crippen LogP contribution in [0.15, 0.2) is 53.4 Å². The van der Waals surface area contributed by atoms with Crippen molar-refractivity contribution in [1.29, 1.82) is 0 Å². The number of amides is 1. The molecule has 0 saturated carbocycles. The Labute approximate surface area is 171 Å². The highest BCUT2D eigenvalue weighted by molar-refractivity contribution is 7.89. The quantitative estimate of drug-likeness (QED) is 0.610. The summed E-state index contributed by atoms with van der Waals surface area (Å²) in [6.45, 7) is 5.55. The molecule has 0 aliphatic rings. The molecule has 0 radical (unpaired) electrons. The molecule has 29 heavy (non-hydrogen) atoms. The zero-order chi connectivity index (χ0) is 21.4. The Kier molecular flexibility index (Phi) is 7.92. The van der Waals surface area contributed by atoms with Crippen LogP contribution >= 0.6 is 0 Å². The molecule has 2 rings (SSSR count). The highest BCUT2D eigenvalue weighted by Gasteiger charge is 2.17. The van der Waals surface area contributed by atoms with Crippen molar-refractivity contribution in [3.05, 3.63) is 65.2 Å². The van der Waals surface area contributed by atoms with E-state index in [9.17, 15) is 18.0 Å². The molecule has 0 spiro atoms. The molecule has 2 N–H and O–H groups in total. The third-order valence-corrected chi connectivity index (χ3v) is 5.92. The van der Waals surface area contributed by atoms with Crippen LogP contribution in [0.2, 0.25) is 0 Å². The first-order chi connectivity index (χ1) is 13.7. The van der Waals surface area contributed by atoms with Gasteiger partial charge in [0.2, 0.25) is 10.0 Å². The first kappa shape index (κ1) is 22.6. The largest absolute Gasteiger partial charge is 0.452 e. The van der Waals surface area contributed by atoms with Crippen LogP contribution in [0.5, 0.6) is 0 Å². The van der Waals surface area contributed by atoms with E-state index in [4.69, 9.17) is 4.74 Å². The number of rotatable bonds is 9. The van der Waals surface area contributed by atoms with E-state index in [1.165, 1.54) is 24.3 Å². The summed E-state index contributed by atoms with van der Waals surface area (Å²) in [4.78, 5) is 24.0. The second kappa shape index (κ2) is 10.2. The molecule has 0 fully saturated rings. The number of carbonyl (C=O) groups is 2. The minimum absolute atomic E-state index is 0.0604. The average molecular weight is 419 g/mol. The molecule has 0 aliphatic carbocycles. The molecule has 1 atom stereocenters. The van der Waals surface area contributed by atoms with Crippen LogP contribution in [0.3, 0.4) is 0 Å². The number of sulfonamides is 1. The Balaban J connectivity index is 1.85. The summed E-state index contributed by atoms with van der Waals surface area (Å²) < 4.78 is 32.0. The van der Waals surface area contributed by atoms with Crippen molar-refractivity contribution in [2.45, 2.75) is 44.7 Å². The number of hydrogen-bond acceptors (Lipinski definition) is 5. The number of carbonyl (C=O) groups excluding carboxylic acids is 2. The standard InChI is InChI=1S/C21H26N2O5S/c1-4-16(3)23-29(26,27)19-11-9-18(10-12-19)21(25)28-14-20(24)22-13-17-7-5-15(2)6-8-17/h5-12,16,23H,4,13-14H2,1-3H3,(H,22,24). The van der Waals surface area contributed by atoms with Crippen molar-refractivity contribution < 1.29 is 22.7 Å². The second-order valence-electron chi connectivity index (χ2n) is 6.79. The van der Waals surface area contributed by atoms with Gasteiger partial charge in [-0.2, -0.15) is 0 Å². The maximum Gasteiger partial charge on any atom is 0.338 e. The molecule has 0 bridgehead atoms. The molecule has 7 nitrogen and oxygen atoms in total. The van der Waals surface area contributed by atoms with Crippen LogP contribution in [0.25, 0.3) is 0 Å². The molecule has 0 heterocycles. The first-order valence-corrected chi connectivity index (χ1v) is 10.8. The SMILES string of the molecule is CCC(C)NS(=O)(=O)c1ccc(C(=O)OCC(=O)NCc2ccc(C)cc2)cc1. The molecule has 2 aromatic rings. The molecule has 0 aromatic heterocycles. The van der Waals surface area contributed by atoms with E-state index in [0.29, 0.717) is 13.0 Å². The first-order valence-electron chi connectivity index (χ1n) is 9.33. The fourth-order valence-electron chi connectivity index (χ4n) is 2.36. The van der Waals surface area contributed by atoms with Gasteiger partial charge in [0.25, 0.3) is 5.91 Å². The van der Waals surface area contributed by atoms with E-state index < -0.39 is 28.5 Å². The second-order valence-corrected chi connectivity index (χ2v) is 8.51. The van der Waals surface area contributed by atoms with Gasteiger partial charge >= 0.3 is 5.97 Å². The lowest BCUT2D eigenvalue weighted by molar-refractivity contribution is -0.124. The smallest absolute Gasteiger partial charge is 0.338 e. The lowest BCUT2D eigenvalue weighted by atomic mass is 10.1. The van der Waals surface area contributed by atoms with Gasteiger partial charge in [0.05, 0.1) is 10.5 Å². The van der Waals surface area contributed by atoms with Crippen molar-refractivity contribution >= 4 is 21.9 Å². The Bertz CT molecular complexity index is 938. The summed E-state index contributed by atoms with van der Waals surface area (Å²) >= 11 is 0. The summed E-state index contributed by atoms with van der Waals surface area (Å²) in [5.74, 6) is -1.12. The minimum atomic E-state index is -3.64. The van der Waals surface area contributed by atoms with Gasteiger partial charge in [-0.3, -0.25) is 4.79 Å². The summed E-state index contributed by atoms with van der Waals surface area (Å²) in [6, 6.07) is 12.9. The Morgan fingerprint density at radius 2 is 1.66 bits per heavy atom. The predicted octanol–water partition coefficient (Wildman–Crippen LogP) is 2.55. The van der Waals surface area contributed by atoms with E-state index in [0.717, 1.165) is 11.1 Å². The van der Waals surface area contributed by atoms with Crippen molar-refractivity contribution in [3.8, 4) is 0 Å². The number of nitrogens with one attached hydrogen (secondary N) is 2. The van der Waals surface area contributed by atoms with Crippen molar-refractivity contribution in [2.75, 3.05) is 6.61 Å². The number of aryl methyl sites for hydroxylation is 1. The molecular weight excluding hydrogens is 392 g/mol. The summed E-state index contributed by atoms with van der Waals surface area (Å²) in [5, 5.41) is 2.67. The molecular formula is C21H26N2O5S. The zero-order valence-electron chi connectivity index (χ0n) is 16.8. The van der Waals surface area contributed by atoms with Gasteiger partial charge in [-0.25, -0.2) is 17.9 Å². The molecule has 0 saturated heterocycles. The highest BCUT2D eigenvalue weighted by atomic mass is 32.2. The highest BCUT2D eigenvalue weighted by Crippen LogP contribution is 2.12. The Morgan fingerprint density at radius 3 is 2.24 bits per heavy atom. The Morgan fingerprint density at radius 1 is 1.03 bits per heavy atom. The van der Waals surface area contributed by atoms with Crippen LogP contribution in [-0.4, -0.2) is 32.9 Å². The number of ether oxygens (including phenoxy) is 1. The van der Waals surface area contributed by atoms with E-state index in [2.05, 4.69) is 10.0 Å². The maximum atomic E-state index is 12.2. The fraction of sp³-hybridized carbons (Fsp3) is 0.333. The van der Waals surface area contributed by atoms with Crippen LogP contribution in [0.4, 0.5) is 0 Å². The summed E-state index contributed by atoms with van der Waals surface area (Å²) in [7, 11) is -3.64. The maximum absolute atomic E-state index is 12.2. The average Bonchev–Trinajstić information content (AvgIpc) is 2.71. The van der Waals surface area contributed by atoms with Gasteiger partial charge in [0.15, 0.2) is 6.61 Å². The fourth-order valence-corrected chi connectivity index (χ4v) is 3.69. The van der Waals surface area contributed by atoms with Crippen LogP contribution in [0.1, 0.15) is 41.8 Å². The van der Waals surface area contributed by atoms with Gasteiger partial charge in [-0.15, -0.1) is 0 Å². The normalized spacial score (nSPS) is 12.2. The van der Waals surface area contributed by atoms with Gasteiger partial charge in [0, 0.05) is 12.6 Å². The topological polar surface area (TPSA) is 102 Å². The van der Waals surface area contributed by atoms with Crippen molar-refractivity contribution in [3.63, 3.8) is 0 Å². The van der Waals surface area contributed by atoms with Gasteiger partial charge in [-0.1, -0.05) is 36.8 Å². The predicted molar refractivity (Wildman–Crippen MR) is 110 cm³/mol. The van der Waals surface area contributed by atoms with Crippen LogP contribution < -0.4 is 10.0 Å². The number of esters is 1. The number of benzene rings is 2. The van der Waals surface area contributed by atoms with Gasteiger partial charge in [0.1, 0.15) is 0 Å². The van der Waals surface area contributed by atoms with Crippen LogP contribution in [-0.2, 0) is 26.1 Å². The van der Waals surface area contributed by atoms with E-state index in [1.54, 1.807) is 6.92 Å². The number of hydrogen-bond donors (Lipinski definition) is 2. The van der Waals surface area contributed by atoms with Crippen molar-refractivity contribution in [1.82, 2.24) is 10.0 Å². The minimum Gasteiger partial charge on any atom is -0.452 e. The summed E-state index contributed by atoms with van der Waals surface area (Å²) in [6.07, 6.45) is 0.662.